The molecule has 1 spiro atoms. The largest absolute Gasteiger partial charge is 0.354 e. The molecule has 3 heteroatoms. The zero-order valence-electron chi connectivity index (χ0n) is 7.76. The summed E-state index contributed by atoms with van der Waals surface area (Å²) in [7, 11) is 0. The zero-order valence-corrected chi connectivity index (χ0v) is 7.76. The number of nitrogens with zero attached hydrogens (tertiary/aromatic N) is 1. The summed E-state index contributed by atoms with van der Waals surface area (Å²) in [6.45, 7) is 7.34. The van der Waals surface area contributed by atoms with E-state index >= 15 is 0 Å². The fourth-order valence-corrected chi connectivity index (χ4v) is 2.09. The van der Waals surface area contributed by atoms with Gasteiger partial charge in [-0.1, -0.05) is 0 Å². The smallest absolute Gasteiger partial charge is 0.229 e. The molecule has 0 saturated carbocycles. The lowest BCUT2D eigenvalue weighted by Gasteiger charge is -2.37. The van der Waals surface area contributed by atoms with Gasteiger partial charge in [-0.2, -0.15) is 0 Å². The summed E-state index contributed by atoms with van der Waals surface area (Å²) in [5, 5.41) is 2.84. The van der Waals surface area contributed by atoms with Crippen molar-refractivity contribution in [2.24, 2.45) is 5.41 Å². The summed E-state index contributed by atoms with van der Waals surface area (Å²) in [4.78, 5) is 13.7. The summed E-state index contributed by atoms with van der Waals surface area (Å²) in [6.07, 6.45) is 1.05. The van der Waals surface area contributed by atoms with Gasteiger partial charge in [0.05, 0.1) is 5.41 Å². The molecular weight excluding hydrogens is 152 g/mol. The molecule has 1 unspecified atom stereocenters. The number of likely N-dealkylation sites (tertiary alicyclic amines) is 1. The Labute approximate surface area is 73.1 Å². The van der Waals surface area contributed by atoms with Gasteiger partial charge in [0.2, 0.25) is 5.91 Å². The minimum atomic E-state index is 0.00424. The molecule has 2 rings (SSSR count). The molecule has 0 aromatic heterocycles. The maximum atomic E-state index is 11.3. The van der Waals surface area contributed by atoms with E-state index in [1.165, 1.54) is 0 Å². The van der Waals surface area contributed by atoms with Crippen LogP contribution in [-0.4, -0.2) is 36.5 Å². The molecule has 1 atom stereocenters. The Bertz CT molecular complexity index is 215. The molecule has 68 valence electrons. The molecule has 12 heavy (non-hydrogen) atoms. The summed E-state index contributed by atoms with van der Waals surface area (Å²) in [5.74, 6) is 0.269. The highest BCUT2D eigenvalue weighted by molar-refractivity contribution is 5.89. The van der Waals surface area contributed by atoms with Gasteiger partial charge in [0.15, 0.2) is 0 Å². The van der Waals surface area contributed by atoms with Crippen LogP contribution in [0.15, 0.2) is 0 Å². The monoisotopic (exact) mass is 168 g/mol. The van der Waals surface area contributed by atoms with Crippen LogP contribution in [0, 0.1) is 5.41 Å². The van der Waals surface area contributed by atoms with E-state index in [0.29, 0.717) is 6.04 Å². The third-order valence-corrected chi connectivity index (χ3v) is 3.18. The maximum absolute atomic E-state index is 11.3. The summed E-state index contributed by atoms with van der Waals surface area (Å²) in [6, 6.07) is 0.581. The molecule has 2 heterocycles. The molecule has 0 radical (unpaired) electrons. The number of hydrogen-bond acceptors (Lipinski definition) is 2. The van der Waals surface area contributed by atoms with Crippen LogP contribution in [0.3, 0.4) is 0 Å². The van der Waals surface area contributed by atoms with Crippen molar-refractivity contribution in [3.8, 4) is 0 Å². The fraction of sp³-hybridized carbons (Fsp3) is 0.889. The first-order valence-corrected chi connectivity index (χ1v) is 4.66. The van der Waals surface area contributed by atoms with Gasteiger partial charge >= 0.3 is 0 Å². The minimum absolute atomic E-state index is 0.00424. The van der Waals surface area contributed by atoms with Gasteiger partial charge < -0.3 is 5.32 Å². The molecule has 2 saturated heterocycles. The van der Waals surface area contributed by atoms with Crippen molar-refractivity contribution in [2.45, 2.75) is 26.3 Å². The SMILES string of the molecule is CC(C)N1CCC2(CNC2=O)C1. The summed E-state index contributed by atoms with van der Waals surface area (Å²) in [5.41, 5.74) is 0.00424. The number of nitrogens with one attached hydrogen (secondary N) is 1. The lowest BCUT2D eigenvalue weighted by atomic mass is 9.80. The van der Waals surface area contributed by atoms with Crippen molar-refractivity contribution in [3.63, 3.8) is 0 Å². The number of β-lactam (4-membered cyclic amide) rings is 1. The van der Waals surface area contributed by atoms with E-state index in [-0.39, 0.29) is 11.3 Å². The Balaban J connectivity index is 2.02. The van der Waals surface area contributed by atoms with Crippen LogP contribution >= 0.6 is 0 Å². The predicted octanol–water partition coefficient (Wildman–Crippen LogP) is 0.217. The number of carbonyl (C=O) groups is 1. The Hall–Kier alpha value is -0.570. The number of rotatable bonds is 1. The molecule has 0 aliphatic carbocycles. The highest BCUT2D eigenvalue weighted by Crippen LogP contribution is 2.35. The molecule has 3 nitrogen and oxygen atoms in total. The van der Waals surface area contributed by atoms with Crippen LogP contribution in [0.1, 0.15) is 20.3 Å². The number of hydrogen-bond donors (Lipinski definition) is 1. The zero-order chi connectivity index (χ0) is 8.77. The first-order valence-electron chi connectivity index (χ1n) is 4.66. The van der Waals surface area contributed by atoms with Crippen molar-refractivity contribution >= 4 is 5.91 Å². The quantitative estimate of drug-likeness (QED) is 0.568. The van der Waals surface area contributed by atoms with E-state index in [1.807, 2.05) is 0 Å². The average Bonchev–Trinajstić information content (AvgIpc) is 2.48. The van der Waals surface area contributed by atoms with Gasteiger partial charge in [0.1, 0.15) is 0 Å². The van der Waals surface area contributed by atoms with Crippen LogP contribution in [0.4, 0.5) is 0 Å². The molecule has 1 amide bonds. The highest BCUT2D eigenvalue weighted by atomic mass is 16.2. The standard InChI is InChI=1S/C9H16N2O/c1-7(2)11-4-3-9(6-11)5-10-8(9)12/h7H,3-6H2,1-2H3,(H,10,12). The van der Waals surface area contributed by atoms with E-state index in [0.717, 1.165) is 26.1 Å². The van der Waals surface area contributed by atoms with Crippen LogP contribution in [-0.2, 0) is 4.79 Å². The number of carbonyl (C=O) groups excluding carboxylic acids is 1. The Morgan fingerprint density at radius 1 is 1.58 bits per heavy atom. The van der Waals surface area contributed by atoms with Crippen molar-refractivity contribution in [1.82, 2.24) is 10.2 Å². The fourth-order valence-electron chi connectivity index (χ4n) is 2.09. The van der Waals surface area contributed by atoms with Crippen molar-refractivity contribution in [1.29, 1.82) is 0 Å². The first-order chi connectivity index (χ1) is 5.64. The lowest BCUT2D eigenvalue weighted by molar-refractivity contribution is -0.139. The molecule has 2 aliphatic heterocycles. The average molecular weight is 168 g/mol. The van der Waals surface area contributed by atoms with Gasteiger partial charge in [-0.3, -0.25) is 9.69 Å². The lowest BCUT2D eigenvalue weighted by Crippen LogP contribution is -2.60. The Morgan fingerprint density at radius 3 is 2.58 bits per heavy atom. The van der Waals surface area contributed by atoms with Crippen LogP contribution in [0.2, 0.25) is 0 Å². The van der Waals surface area contributed by atoms with Crippen LogP contribution < -0.4 is 5.32 Å². The van der Waals surface area contributed by atoms with E-state index in [2.05, 4.69) is 24.1 Å². The Kier molecular flexibility index (Phi) is 1.65. The van der Waals surface area contributed by atoms with Gasteiger partial charge in [-0.15, -0.1) is 0 Å². The normalized spacial score (nSPS) is 35.8. The molecule has 0 aromatic carbocycles. The molecule has 0 bridgehead atoms. The summed E-state index contributed by atoms with van der Waals surface area (Å²) >= 11 is 0. The van der Waals surface area contributed by atoms with E-state index in [1.54, 1.807) is 0 Å². The molecule has 0 aromatic rings. The van der Waals surface area contributed by atoms with E-state index < -0.39 is 0 Å². The Morgan fingerprint density at radius 2 is 2.33 bits per heavy atom. The second-order valence-corrected chi connectivity index (χ2v) is 4.28. The van der Waals surface area contributed by atoms with Gasteiger partial charge in [-0.25, -0.2) is 0 Å². The van der Waals surface area contributed by atoms with Gasteiger partial charge in [0.25, 0.3) is 0 Å². The predicted molar refractivity (Wildman–Crippen MR) is 46.8 cm³/mol. The maximum Gasteiger partial charge on any atom is 0.229 e. The van der Waals surface area contributed by atoms with Crippen LogP contribution in [0.5, 0.6) is 0 Å². The minimum Gasteiger partial charge on any atom is -0.354 e. The molecule has 2 aliphatic rings. The topological polar surface area (TPSA) is 32.3 Å². The van der Waals surface area contributed by atoms with Crippen molar-refractivity contribution in [3.05, 3.63) is 0 Å². The molecule has 2 fully saturated rings. The van der Waals surface area contributed by atoms with Gasteiger partial charge in [0, 0.05) is 19.1 Å². The summed E-state index contributed by atoms with van der Waals surface area (Å²) < 4.78 is 0. The highest BCUT2D eigenvalue weighted by Gasteiger charge is 2.50. The number of amides is 1. The van der Waals surface area contributed by atoms with Crippen molar-refractivity contribution in [2.75, 3.05) is 19.6 Å². The second kappa shape index (κ2) is 2.46. The van der Waals surface area contributed by atoms with E-state index in [4.69, 9.17) is 0 Å². The first kappa shape index (κ1) is 8.05. The molecule has 1 N–H and O–H groups in total. The molecular formula is C9H16N2O. The third kappa shape index (κ3) is 0.959. The van der Waals surface area contributed by atoms with Crippen LogP contribution in [0.25, 0.3) is 0 Å². The van der Waals surface area contributed by atoms with E-state index in [9.17, 15) is 4.79 Å². The second-order valence-electron chi connectivity index (χ2n) is 4.28. The van der Waals surface area contributed by atoms with Crippen molar-refractivity contribution < 1.29 is 4.79 Å². The van der Waals surface area contributed by atoms with Gasteiger partial charge in [-0.05, 0) is 26.8 Å². The third-order valence-electron chi connectivity index (χ3n) is 3.18.